The van der Waals surface area contributed by atoms with E-state index in [4.69, 9.17) is 0 Å². The molecular formula is C13H21N3S. The molecule has 0 saturated carbocycles. The lowest BCUT2D eigenvalue weighted by Gasteiger charge is -2.37. The minimum absolute atomic E-state index is 0.638. The van der Waals surface area contributed by atoms with Gasteiger partial charge in [-0.1, -0.05) is 13.0 Å². The Hall–Kier alpha value is -0.740. The van der Waals surface area contributed by atoms with E-state index in [1.54, 1.807) is 0 Å². The largest absolute Gasteiger partial charge is 0.373 e. The second kappa shape index (κ2) is 5.74. The lowest BCUT2D eigenvalue weighted by molar-refractivity contribution is 0.204. The third-order valence-corrected chi connectivity index (χ3v) is 4.85. The van der Waals surface area contributed by atoms with Gasteiger partial charge in [-0.15, -0.1) is 0 Å². The highest BCUT2D eigenvalue weighted by atomic mass is 32.2. The summed E-state index contributed by atoms with van der Waals surface area (Å²) in [5.74, 6) is 2.24. The van der Waals surface area contributed by atoms with Crippen molar-refractivity contribution in [2.75, 3.05) is 24.7 Å². The van der Waals surface area contributed by atoms with E-state index in [0.717, 1.165) is 17.6 Å². The summed E-state index contributed by atoms with van der Waals surface area (Å²) in [6.45, 7) is 6.82. The molecule has 2 atom stereocenters. The molecule has 2 heterocycles. The summed E-state index contributed by atoms with van der Waals surface area (Å²) in [7, 11) is 1.93. The molecule has 1 aromatic heterocycles. The summed E-state index contributed by atoms with van der Waals surface area (Å²) in [5.41, 5.74) is 1.29. The quantitative estimate of drug-likeness (QED) is 0.893. The van der Waals surface area contributed by atoms with Crippen LogP contribution in [0.2, 0.25) is 0 Å². The van der Waals surface area contributed by atoms with E-state index in [9.17, 15) is 0 Å². The summed E-state index contributed by atoms with van der Waals surface area (Å²) < 4.78 is 0. The highest BCUT2D eigenvalue weighted by Crippen LogP contribution is 2.26. The maximum absolute atomic E-state index is 4.36. The van der Waals surface area contributed by atoms with Gasteiger partial charge in [0.05, 0.1) is 0 Å². The number of rotatable bonds is 3. The van der Waals surface area contributed by atoms with E-state index in [1.165, 1.54) is 17.9 Å². The van der Waals surface area contributed by atoms with Crippen molar-refractivity contribution in [1.29, 1.82) is 0 Å². The van der Waals surface area contributed by atoms with E-state index in [2.05, 4.69) is 46.9 Å². The molecule has 0 aromatic carbocycles. The molecule has 1 aliphatic rings. The number of hydrogen-bond donors (Lipinski definition) is 1. The van der Waals surface area contributed by atoms with Gasteiger partial charge in [0.25, 0.3) is 0 Å². The van der Waals surface area contributed by atoms with Gasteiger partial charge >= 0.3 is 0 Å². The van der Waals surface area contributed by atoms with Crippen molar-refractivity contribution in [3.05, 3.63) is 23.9 Å². The van der Waals surface area contributed by atoms with Crippen LogP contribution in [0.1, 0.15) is 19.4 Å². The van der Waals surface area contributed by atoms with Crippen LogP contribution in [0.4, 0.5) is 5.82 Å². The molecule has 4 heteroatoms. The normalized spacial score (nSPS) is 25.8. The third kappa shape index (κ3) is 2.93. The van der Waals surface area contributed by atoms with Crippen LogP contribution in [-0.2, 0) is 6.54 Å². The van der Waals surface area contributed by atoms with Gasteiger partial charge in [-0.2, -0.15) is 11.8 Å². The lowest BCUT2D eigenvalue weighted by atomic mass is 10.1. The first kappa shape index (κ1) is 12.7. The summed E-state index contributed by atoms with van der Waals surface area (Å²) in [6.07, 6.45) is 1.84. The van der Waals surface area contributed by atoms with Crippen LogP contribution in [0.15, 0.2) is 18.3 Å². The fourth-order valence-corrected chi connectivity index (χ4v) is 3.39. The van der Waals surface area contributed by atoms with Gasteiger partial charge in [-0.3, -0.25) is 4.90 Å². The molecule has 17 heavy (non-hydrogen) atoms. The molecular weight excluding hydrogens is 230 g/mol. The number of nitrogens with zero attached hydrogens (tertiary/aromatic N) is 2. The van der Waals surface area contributed by atoms with Crippen LogP contribution in [0.25, 0.3) is 0 Å². The Morgan fingerprint density at radius 1 is 1.53 bits per heavy atom. The van der Waals surface area contributed by atoms with Crippen LogP contribution in [0.3, 0.4) is 0 Å². The zero-order valence-electron chi connectivity index (χ0n) is 10.8. The summed E-state index contributed by atoms with van der Waals surface area (Å²) in [4.78, 5) is 6.92. The van der Waals surface area contributed by atoms with Crippen molar-refractivity contribution in [2.45, 2.75) is 31.7 Å². The number of aromatic nitrogens is 1. The fraction of sp³-hybridized carbons (Fsp3) is 0.615. The predicted octanol–water partition coefficient (Wildman–Crippen LogP) is 2.45. The zero-order chi connectivity index (χ0) is 12.3. The van der Waals surface area contributed by atoms with Gasteiger partial charge in [0.15, 0.2) is 0 Å². The molecule has 0 bridgehead atoms. The molecule has 0 aliphatic carbocycles. The first-order chi connectivity index (χ1) is 8.22. The standard InChI is InChI=1S/C13H21N3S/c1-10-11(2)17-8-7-16(10)9-12-5-4-6-15-13(12)14-3/h4-6,10-11H,7-9H2,1-3H3,(H,14,15). The Labute approximate surface area is 108 Å². The van der Waals surface area contributed by atoms with Crippen LogP contribution in [-0.4, -0.2) is 40.5 Å². The number of hydrogen-bond acceptors (Lipinski definition) is 4. The molecule has 2 rings (SSSR count). The highest BCUT2D eigenvalue weighted by molar-refractivity contribution is 8.00. The molecule has 2 unspecified atom stereocenters. The Bertz CT molecular complexity index is 369. The van der Waals surface area contributed by atoms with E-state index in [1.807, 2.05) is 19.3 Å². The van der Waals surface area contributed by atoms with Crippen molar-refractivity contribution in [3.63, 3.8) is 0 Å². The average molecular weight is 251 g/mol. The Kier molecular flexibility index (Phi) is 4.29. The zero-order valence-corrected chi connectivity index (χ0v) is 11.6. The van der Waals surface area contributed by atoms with E-state index in [-0.39, 0.29) is 0 Å². The third-order valence-electron chi connectivity index (χ3n) is 3.52. The maximum Gasteiger partial charge on any atom is 0.130 e. The Morgan fingerprint density at radius 3 is 3.12 bits per heavy atom. The van der Waals surface area contributed by atoms with E-state index >= 15 is 0 Å². The summed E-state index contributed by atoms with van der Waals surface area (Å²) in [6, 6.07) is 4.82. The van der Waals surface area contributed by atoms with Crippen LogP contribution in [0, 0.1) is 0 Å². The number of thioether (sulfide) groups is 1. The first-order valence-electron chi connectivity index (χ1n) is 6.19. The Balaban J connectivity index is 2.09. The summed E-state index contributed by atoms with van der Waals surface area (Å²) >= 11 is 2.08. The molecule has 1 N–H and O–H groups in total. The van der Waals surface area contributed by atoms with Gasteiger partial charge in [0.1, 0.15) is 5.82 Å². The Morgan fingerprint density at radius 2 is 2.35 bits per heavy atom. The minimum Gasteiger partial charge on any atom is -0.373 e. The van der Waals surface area contributed by atoms with Crippen LogP contribution < -0.4 is 5.32 Å². The number of nitrogens with one attached hydrogen (secondary N) is 1. The first-order valence-corrected chi connectivity index (χ1v) is 7.24. The second-order valence-electron chi connectivity index (χ2n) is 4.55. The van der Waals surface area contributed by atoms with Crippen molar-refractivity contribution in [2.24, 2.45) is 0 Å². The van der Waals surface area contributed by atoms with Crippen molar-refractivity contribution < 1.29 is 0 Å². The molecule has 94 valence electrons. The fourth-order valence-electron chi connectivity index (χ4n) is 2.23. The monoisotopic (exact) mass is 251 g/mol. The molecule has 3 nitrogen and oxygen atoms in total. The van der Waals surface area contributed by atoms with Crippen LogP contribution >= 0.6 is 11.8 Å². The van der Waals surface area contributed by atoms with Gasteiger partial charge in [0.2, 0.25) is 0 Å². The van der Waals surface area contributed by atoms with Crippen LogP contribution in [0.5, 0.6) is 0 Å². The lowest BCUT2D eigenvalue weighted by Crippen LogP contribution is -2.44. The van der Waals surface area contributed by atoms with Gasteiger partial charge in [0, 0.05) is 48.9 Å². The van der Waals surface area contributed by atoms with E-state index in [0.29, 0.717) is 6.04 Å². The number of pyridine rings is 1. The van der Waals surface area contributed by atoms with Gasteiger partial charge < -0.3 is 5.32 Å². The molecule has 0 radical (unpaired) electrons. The molecule has 1 fully saturated rings. The molecule has 1 aliphatic heterocycles. The molecule has 1 saturated heterocycles. The summed E-state index contributed by atoms with van der Waals surface area (Å²) in [5, 5.41) is 3.89. The topological polar surface area (TPSA) is 28.2 Å². The minimum atomic E-state index is 0.638. The van der Waals surface area contributed by atoms with Crippen molar-refractivity contribution in [1.82, 2.24) is 9.88 Å². The van der Waals surface area contributed by atoms with Crippen molar-refractivity contribution >= 4 is 17.6 Å². The average Bonchev–Trinajstić information content (AvgIpc) is 2.35. The molecule has 0 amide bonds. The van der Waals surface area contributed by atoms with Gasteiger partial charge in [-0.05, 0) is 13.0 Å². The smallest absolute Gasteiger partial charge is 0.130 e. The number of anilines is 1. The molecule has 0 spiro atoms. The SMILES string of the molecule is CNc1ncccc1CN1CCSC(C)C1C. The van der Waals surface area contributed by atoms with E-state index < -0.39 is 0 Å². The maximum atomic E-state index is 4.36. The highest BCUT2D eigenvalue weighted by Gasteiger charge is 2.25. The molecule has 1 aromatic rings. The predicted molar refractivity (Wildman–Crippen MR) is 75.6 cm³/mol. The second-order valence-corrected chi connectivity index (χ2v) is 6.03. The van der Waals surface area contributed by atoms with Gasteiger partial charge in [-0.25, -0.2) is 4.98 Å². The van der Waals surface area contributed by atoms with Crippen molar-refractivity contribution in [3.8, 4) is 0 Å².